The number of ketones is 1. The second-order valence-corrected chi connectivity index (χ2v) is 6.99. The van der Waals surface area contributed by atoms with E-state index in [2.05, 4.69) is 9.97 Å². The number of carbonyl (C=O) groups is 2. The van der Waals surface area contributed by atoms with Crippen molar-refractivity contribution >= 4 is 63.1 Å². The molecule has 3 rings (SSSR count). The number of aromatic amines is 1. The van der Waals surface area contributed by atoms with Gasteiger partial charge in [0.2, 0.25) is 5.78 Å². The first-order chi connectivity index (χ1) is 12.7. The minimum atomic E-state index is -1.08. The number of esters is 1. The molecular formula is C18H14Cl3N3O3. The number of H-pyrrole nitrogens is 1. The van der Waals surface area contributed by atoms with Crippen molar-refractivity contribution in [3.8, 4) is 0 Å². The maximum atomic E-state index is 12.9. The average Bonchev–Trinajstić information content (AvgIpc) is 2.97. The van der Waals surface area contributed by atoms with Gasteiger partial charge in [0.05, 0.1) is 10.7 Å². The molecule has 3 aromatic rings. The van der Waals surface area contributed by atoms with E-state index in [1.165, 1.54) is 6.92 Å². The summed E-state index contributed by atoms with van der Waals surface area (Å²) in [7, 11) is 0. The average molecular weight is 427 g/mol. The number of halogens is 3. The molecule has 0 saturated heterocycles. The first-order valence-electron chi connectivity index (χ1n) is 7.84. The number of aromatic nitrogens is 2. The van der Waals surface area contributed by atoms with Gasteiger partial charge in [-0.05, 0) is 19.9 Å². The van der Waals surface area contributed by atoms with E-state index < -0.39 is 12.1 Å². The smallest absolute Gasteiger partial charge is 0.359 e. The van der Waals surface area contributed by atoms with Crippen LogP contribution in [0.2, 0.25) is 15.2 Å². The number of nitrogens with zero attached hydrogens (tertiary/aromatic N) is 1. The molecule has 0 aliphatic carbocycles. The lowest BCUT2D eigenvalue weighted by atomic mass is 10.0. The normalized spacial score (nSPS) is 12.2. The number of aryl methyl sites for hydroxylation is 1. The maximum absolute atomic E-state index is 12.9. The molecule has 2 heterocycles. The molecule has 0 amide bonds. The zero-order valence-corrected chi connectivity index (χ0v) is 16.5. The van der Waals surface area contributed by atoms with Crippen LogP contribution in [-0.2, 0) is 4.74 Å². The molecule has 1 aromatic carbocycles. The highest BCUT2D eigenvalue weighted by Crippen LogP contribution is 2.34. The van der Waals surface area contributed by atoms with Crippen LogP contribution in [0.4, 0.5) is 5.69 Å². The Morgan fingerprint density at radius 3 is 2.56 bits per heavy atom. The van der Waals surface area contributed by atoms with Gasteiger partial charge in [-0.1, -0.05) is 53.0 Å². The number of benzene rings is 1. The van der Waals surface area contributed by atoms with E-state index in [0.717, 1.165) is 10.9 Å². The number of ether oxygens (including phenoxy) is 1. The topological polar surface area (TPSA) is 98.1 Å². The lowest BCUT2D eigenvalue weighted by molar-refractivity contribution is 0.0313. The van der Waals surface area contributed by atoms with Gasteiger partial charge < -0.3 is 15.5 Å². The van der Waals surface area contributed by atoms with Gasteiger partial charge in [-0.3, -0.25) is 4.79 Å². The highest BCUT2D eigenvalue weighted by atomic mass is 35.5. The molecule has 27 heavy (non-hydrogen) atoms. The Morgan fingerprint density at radius 1 is 1.19 bits per heavy atom. The second kappa shape index (κ2) is 7.38. The number of nitrogens with one attached hydrogen (secondary N) is 1. The molecule has 140 valence electrons. The van der Waals surface area contributed by atoms with Crippen molar-refractivity contribution in [2.24, 2.45) is 0 Å². The molecule has 0 fully saturated rings. The molecule has 0 aliphatic heterocycles. The summed E-state index contributed by atoms with van der Waals surface area (Å²) in [4.78, 5) is 32.2. The Morgan fingerprint density at radius 2 is 1.85 bits per heavy atom. The molecule has 1 atom stereocenters. The fraction of sp³-hybridized carbons (Fsp3) is 0.167. The van der Waals surface area contributed by atoms with Crippen molar-refractivity contribution in [1.82, 2.24) is 9.97 Å². The molecule has 0 aliphatic rings. The Kier molecular flexibility index (Phi) is 5.33. The van der Waals surface area contributed by atoms with E-state index in [-0.39, 0.29) is 32.4 Å². The quantitative estimate of drug-likeness (QED) is 0.353. The third-order valence-corrected chi connectivity index (χ3v) is 5.19. The maximum Gasteiger partial charge on any atom is 0.359 e. The lowest BCUT2D eigenvalue weighted by Gasteiger charge is -2.14. The predicted octanol–water partition coefficient (Wildman–Crippen LogP) is 4.84. The second-order valence-electron chi connectivity index (χ2n) is 5.88. The van der Waals surface area contributed by atoms with Crippen molar-refractivity contribution in [2.45, 2.75) is 20.0 Å². The number of pyridine rings is 1. The van der Waals surface area contributed by atoms with Gasteiger partial charge in [0.15, 0.2) is 17.0 Å². The Hall–Kier alpha value is -2.28. The summed E-state index contributed by atoms with van der Waals surface area (Å²) in [6.45, 7) is 3.25. The van der Waals surface area contributed by atoms with E-state index >= 15 is 0 Å². The predicted molar refractivity (Wildman–Crippen MR) is 106 cm³/mol. The van der Waals surface area contributed by atoms with E-state index in [1.54, 1.807) is 6.92 Å². The van der Waals surface area contributed by atoms with Crippen LogP contribution in [0, 0.1) is 6.92 Å². The highest BCUT2D eigenvalue weighted by molar-refractivity contribution is 6.46. The molecule has 0 spiro atoms. The van der Waals surface area contributed by atoms with Gasteiger partial charge in [0.1, 0.15) is 5.02 Å². The number of nitrogens with two attached hydrogens (primary N) is 1. The van der Waals surface area contributed by atoms with Gasteiger partial charge in [0.25, 0.3) is 0 Å². The number of anilines is 1. The Bertz CT molecular complexity index is 1080. The third kappa shape index (κ3) is 3.48. The van der Waals surface area contributed by atoms with E-state index in [4.69, 9.17) is 45.3 Å². The molecule has 0 saturated carbocycles. The first-order valence-corrected chi connectivity index (χ1v) is 8.98. The fourth-order valence-electron chi connectivity index (χ4n) is 2.73. The Labute approximate surface area is 169 Å². The number of carbonyl (C=O) groups excluding carboxylic acids is 2. The van der Waals surface area contributed by atoms with Crippen molar-refractivity contribution in [2.75, 3.05) is 5.73 Å². The number of rotatable bonds is 4. The fourth-order valence-corrected chi connectivity index (χ4v) is 3.32. The molecular weight excluding hydrogens is 413 g/mol. The van der Waals surface area contributed by atoms with Gasteiger partial charge in [-0.15, -0.1) is 0 Å². The summed E-state index contributed by atoms with van der Waals surface area (Å²) in [6.07, 6.45) is -1.08. The summed E-state index contributed by atoms with van der Waals surface area (Å²) in [5.74, 6) is -1.29. The largest absolute Gasteiger partial charge is 0.449 e. The molecule has 0 radical (unpaired) electrons. The van der Waals surface area contributed by atoms with Crippen molar-refractivity contribution in [1.29, 1.82) is 0 Å². The van der Waals surface area contributed by atoms with Crippen LogP contribution in [0.5, 0.6) is 0 Å². The number of fused-ring (bicyclic) bond motifs is 1. The standard InChI is InChI=1S/C18H14Cl3N3O3/c1-7-11(9-5-3-4-6-10(9)23-7)16(25)8(2)27-18(26)15-12(19)14(22)13(20)17(21)24-15/h3-6,8,23H,1-2H3,(H2,22,24). The molecule has 1 unspecified atom stereocenters. The van der Waals surface area contributed by atoms with E-state index in [9.17, 15) is 9.59 Å². The van der Waals surface area contributed by atoms with Gasteiger partial charge >= 0.3 is 5.97 Å². The van der Waals surface area contributed by atoms with Gasteiger partial charge in [0, 0.05) is 22.2 Å². The molecule has 0 bridgehead atoms. The molecule has 2 aromatic heterocycles. The zero-order valence-electron chi connectivity index (χ0n) is 14.3. The van der Waals surface area contributed by atoms with Crippen molar-refractivity contribution in [3.63, 3.8) is 0 Å². The van der Waals surface area contributed by atoms with Crippen LogP contribution in [0.1, 0.15) is 33.5 Å². The van der Waals surface area contributed by atoms with Crippen LogP contribution in [0.25, 0.3) is 10.9 Å². The summed E-state index contributed by atoms with van der Waals surface area (Å²) < 4.78 is 5.25. The number of Topliss-reactive ketones (excluding diaryl/α,β-unsaturated/α-hetero) is 1. The molecule has 3 N–H and O–H groups in total. The number of para-hydroxylation sites is 1. The van der Waals surface area contributed by atoms with Gasteiger partial charge in [-0.2, -0.15) is 0 Å². The zero-order chi connectivity index (χ0) is 19.9. The number of hydrogen-bond donors (Lipinski definition) is 2. The van der Waals surface area contributed by atoms with Crippen LogP contribution in [0.3, 0.4) is 0 Å². The highest BCUT2D eigenvalue weighted by Gasteiger charge is 2.27. The van der Waals surface area contributed by atoms with E-state index in [1.807, 2.05) is 24.3 Å². The molecule has 6 nitrogen and oxygen atoms in total. The summed E-state index contributed by atoms with van der Waals surface area (Å²) in [6, 6.07) is 7.36. The summed E-state index contributed by atoms with van der Waals surface area (Å²) in [5.41, 5.74) is 7.27. The third-order valence-electron chi connectivity index (χ3n) is 4.06. The number of hydrogen-bond acceptors (Lipinski definition) is 5. The van der Waals surface area contributed by atoms with E-state index in [0.29, 0.717) is 11.3 Å². The minimum Gasteiger partial charge on any atom is -0.449 e. The summed E-state index contributed by atoms with van der Waals surface area (Å²) >= 11 is 17.7. The minimum absolute atomic E-state index is 0.0586. The van der Waals surface area contributed by atoms with Crippen LogP contribution in [0.15, 0.2) is 24.3 Å². The first kappa shape index (κ1) is 19.5. The van der Waals surface area contributed by atoms with Crippen molar-refractivity contribution in [3.05, 3.63) is 56.4 Å². The monoisotopic (exact) mass is 425 g/mol. The van der Waals surface area contributed by atoms with Crippen LogP contribution in [-0.4, -0.2) is 27.8 Å². The van der Waals surface area contributed by atoms with Crippen molar-refractivity contribution < 1.29 is 14.3 Å². The lowest BCUT2D eigenvalue weighted by Crippen LogP contribution is -2.25. The SMILES string of the molecule is Cc1[nH]c2ccccc2c1C(=O)C(C)OC(=O)c1nc(Cl)c(Cl)c(N)c1Cl. The number of nitrogen functional groups attached to an aromatic ring is 1. The van der Waals surface area contributed by atoms with Crippen LogP contribution < -0.4 is 5.73 Å². The molecule has 9 heteroatoms. The Balaban J connectivity index is 1.89. The van der Waals surface area contributed by atoms with Crippen LogP contribution >= 0.6 is 34.8 Å². The van der Waals surface area contributed by atoms with Gasteiger partial charge in [-0.25, -0.2) is 9.78 Å². The summed E-state index contributed by atoms with van der Waals surface area (Å²) in [5, 5.41) is 0.323.